The highest BCUT2D eigenvalue weighted by Crippen LogP contribution is 1.89. The molecule has 7 heavy (non-hydrogen) atoms. The van der Waals surface area contributed by atoms with Gasteiger partial charge in [0.1, 0.15) is 4.61 Å². The number of hydrogen-bond donors (Lipinski definition) is 0. The third-order valence-corrected chi connectivity index (χ3v) is 2.99. The second-order valence-electron chi connectivity index (χ2n) is 0.819. The SMILES string of the molecule is CCS(=S)OCI. The maximum Gasteiger partial charge on any atom is 0.113 e. The van der Waals surface area contributed by atoms with Crippen LogP contribution in [0.5, 0.6) is 0 Å². The summed E-state index contributed by atoms with van der Waals surface area (Å²) in [7, 11) is -0.201. The largest absolute Gasteiger partial charge is 0.302 e. The van der Waals surface area contributed by atoms with Gasteiger partial charge in [0.25, 0.3) is 0 Å². The monoisotopic (exact) mass is 250 g/mol. The van der Waals surface area contributed by atoms with Gasteiger partial charge in [-0.3, -0.25) is 0 Å². The average molecular weight is 250 g/mol. The minimum absolute atomic E-state index is 0.201. The van der Waals surface area contributed by atoms with Crippen molar-refractivity contribution in [2.24, 2.45) is 0 Å². The average Bonchev–Trinajstić information content (AvgIpc) is 1.68. The van der Waals surface area contributed by atoms with Crippen LogP contribution in [-0.4, -0.2) is 10.4 Å². The fraction of sp³-hybridized carbons (Fsp3) is 1.00. The molecule has 0 bridgehead atoms. The predicted octanol–water partition coefficient (Wildman–Crippen LogP) is 1.41. The molecule has 0 rings (SSSR count). The third-order valence-electron chi connectivity index (χ3n) is 0.412. The van der Waals surface area contributed by atoms with Gasteiger partial charge in [0, 0.05) is 15.5 Å². The third kappa shape index (κ3) is 5.13. The molecule has 1 atom stereocenters. The van der Waals surface area contributed by atoms with Gasteiger partial charge in [-0.15, -0.1) is 0 Å². The lowest BCUT2D eigenvalue weighted by molar-refractivity contribution is 0.472. The minimum Gasteiger partial charge on any atom is -0.302 e. The van der Waals surface area contributed by atoms with E-state index in [-0.39, 0.29) is 9.74 Å². The van der Waals surface area contributed by atoms with Gasteiger partial charge in [-0.25, -0.2) is 0 Å². The highest BCUT2D eigenvalue weighted by molar-refractivity contribution is 14.1. The van der Waals surface area contributed by atoms with Crippen LogP contribution >= 0.6 is 22.6 Å². The van der Waals surface area contributed by atoms with Crippen LogP contribution in [0, 0.1) is 0 Å². The molecule has 0 fully saturated rings. The Bertz CT molecular complexity index is 66.0. The highest BCUT2D eigenvalue weighted by atomic mass is 127. The molecule has 0 aliphatic carbocycles. The number of rotatable bonds is 3. The molecule has 0 heterocycles. The molecule has 0 amide bonds. The molecule has 0 aliphatic rings. The van der Waals surface area contributed by atoms with E-state index in [1.807, 2.05) is 6.92 Å². The maximum atomic E-state index is 5.02. The van der Waals surface area contributed by atoms with Gasteiger partial charge in [0.15, 0.2) is 0 Å². The van der Waals surface area contributed by atoms with E-state index in [0.717, 1.165) is 10.4 Å². The Hall–Kier alpha value is 1.26. The van der Waals surface area contributed by atoms with Gasteiger partial charge in [-0.2, -0.15) is 0 Å². The van der Waals surface area contributed by atoms with E-state index in [9.17, 15) is 0 Å². The zero-order valence-electron chi connectivity index (χ0n) is 4.02. The van der Waals surface area contributed by atoms with Crippen LogP contribution in [-0.2, 0) is 25.1 Å². The molecule has 1 nitrogen and oxygen atoms in total. The van der Waals surface area contributed by atoms with Crippen molar-refractivity contribution in [3.8, 4) is 0 Å². The standard InChI is InChI=1S/C3H7IOS2/c1-2-7(6)5-3-4/h2-3H2,1H3. The number of halogens is 1. The van der Waals surface area contributed by atoms with E-state index < -0.39 is 0 Å². The Morgan fingerprint density at radius 1 is 1.86 bits per heavy atom. The molecular weight excluding hydrogens is 243 g/mol. The Balaban J connectivity index is 3.00. The van der Waals surface area contributed by atoms with Crippen molar-refractivity contribution in [1.29, 1.82) is 0 Å². The second-order valence-corrected chi connectivity index (χ2v) is 3.98. The van der Waals surface area contributed by atoms with Crippen molar-refractivity contribution in [3.63, 3.8) is 0 Å². The summed E-state index contributed by atoms with van der Waals surface area (Å²) >= 11 is 6.98. The first-order valence-corrected chi connectivity index (χ1v) is 5.65. The number of hydrogen-bond acceptors (Lipinski definition) is 2. The fourth-order valence-corrected chi connectivity index (χ4v) is 1.98. The van der Waals surface area contributed by atoms with E-state index in [1.165, 1.54) is 0 Å². The zero-order valence-corrected chi connectivity index (χ0v) is 7.81. The predicted molar refractivity (Wildman–Crippen MR) is 45.2 cm³/mol. The van der Waals surface area contributed by atoms with E-state index >= 15 is 0 Å². The molecular formula is C3H7IOS2. The first kappa shape index (κ1) is 8.26. The summed E-state index contributed by atoms with van der Waals surface area (Å²) in [5, 5.41) is 0. The quantitative estimate of drug-likeness (QED) is 0.553. The van der Waals surface area contributed by atoms with Crippen molar-refractivity contribution < 1.29 is 4.18 Å². The van der Waals surface area contributed by atoms with Gasteiger partial charge in [0.05, 0.1) is 0 Å². The molecule has 0 aromatic heterocycles. The molecule has 0 aromatic carbocycles. The van der Waals surface area contributed by atoms with Crippen molar-refractivity contribution >= 4 is 43.5 Å². The summed E-state index contributed by atoms with van der Waals surface area (Å²) in [6.07, 6.45) is 0. The smallest absolute Gasteiger partial charge is 0.113 e. The van der Waals surface area contributed by atoms with Gasteiger partial charge in [-0.1, -0.05) is 29.5 Å². The molecule has 0 radical (unpaired) electrons. The van der Waals surface area contributed by atoms with Crippen molar-refractivity contribution in [2.45, 2.75) is 6.92 Å². The lowest BCUT2D eigenvalue weighted by atomic mass is 11.0. The Labute approximate surface area is 64.8 Å². The summed E-state index contributed by atoms with van der Waals surface area (Å²) in [5.74, 6) is 0.957. The van der Waals surface area contributed by atoms with Crippen LogP contribution < -0.4 is 0 Å². The molecule has 4 heteroatoms. The molecule has 0 N–H and O–H groups in total. The van der Waals surface area contributed by atoms with E-state index in [0.29, 0.717) is 0 Å². The van der Waals surface area contributed by atoms with Gasteiger partial charge < -0.3 is 4.18 Å². The van der Waals surface area contributed by atoms with E-state index in [2.05, 4.69) is 22.6 Å². The maximum absolute atomic E-state index is 5.02. The van der Waals surface area contributed by atoms with Crippen LogP contribution in [0.1, 0.15) is 6.92 Å². The topological polar surface area (TPSA) is 9.23 Å². The normalized spacial score (nSPS) is 14.0. The van der Waals surface area contributed by atoms with Gasteiger partial charge in [-0.05, 0) is 11.2 Å². The van der Waals surface area contributed by atoms with Crippen LogP contribution in [0.3, 0.4) is 0 Å². The van der Waals surface area contributed by atoms with Gasteiger partial charge in [0.2, 0.25) is 0 Å². The van der Waals surface area contributed by atoms with Crippen LogP contribution in [0.2, 0.25) is 0 Å². The molecule has 0 saturated heterocycles. The summed E-state index contributed by atoms with van der Waals surface area (Å²) < 4.78 is 5.74. The lowest BCUT2D eigenvalue weighted by Gasteiger charge is -1.95. The molecule has 0 aromatic rings. The van der Waals surface area contributed by atoms with Crippen LogP contribution in [0.25, 0.3) is 0 Å². The highest BCUT2D eigenvalue weighted by Gasteiger charge is 1.83. The fourth-order valence-electron chi connectivity index (χ4n) is 0.133. The summed E-state index contributed by atoms with van der Waals surface area (Å²) in [5.41, 5.74) is 0. The Morgan fingerprint density at radius 3 is 2.57 bits per heavy atom. The molecule has 0 saturated carbocycles. The van der Waals surface area contributed by atoms with E-state index in [1.54, 1.807) is 0 Å². The summed E-state index contributed by atoms with van der Waals surface area (Å²) in [6.45, 7) is 2.03. The first-order valence-electron chi connectivity index (χ1n) is 1.89. The van der Waals surface area contributed by atoms with E-state index in [4.69, 9.17) is 15.4 Å². The lowest BCUT2D eigenvalue weighted by Crippen LogP contribution is -1.93. The van der Waals surface area contributed by atoms with Crippen molar-refractivity contribution in [3.05, 3.63) is 0 Å². The molecule has 0 spiro atoms. The zero-order chi connectivity index (χ0) is 5.70. The number of alkyl halides is 1. The van der Waals surface area contributed by atoms with Crippen LogP contribution in [0.15, 0.2) is 0 Å². The Kier molecular flexibility index (Phi) is 6.37. The second kappa shape index (κ2) is 5.40. The van der Waals surface area contributed by atoms with Crippen molar-refractivity contribution in [1.82, 2.24) is 0 Å². The van der Waals surface area contributed by atoms with Gasteiger partial charge >= 0.3 is 0 Å². The Morgan fingerprint density at radius 2 is 2.43 bits per heavy atom. The van der Waals surface area contributed by atoms with Crippen LogP contribution in [0.4, 0.5) is 0 Å². The van der Waals surface area contributed by atoms with Crippen molar-refractivity contribution in [2.75, 3.05) is 10.4 Å². The molecule has 0 aliphatic heterocycles. The molecule has 44 valence electrons. The summed E-state index contributed by atoms with van der Waals surface area (Å²) in [4.78, 5) is 0. The molecule has 1 unspecified atom stereocenters. The summed E-state index contributed by atoms with van der Waals surface area (Å²) in [6, 6.07) is 0. The first-order chi connectivity index (χ1) is 3.31. The minimum atomic E-state index is -0.201.